The van der Waals surface area contributed by atoms with Gasteiger partial charge in [0.05, 0.1) is 6.10 Å². The number of aliphatic hydroxyl groups excluding tert-OH is 1. The molecule has 1 unspecified atom stereocenters. The fraction of sp³-hybridized carbons (Fsp3) is 0.538. The van der Waals surface area contributed by atoms with Gasteiger partial charge in [0.15, 0.2) is 18.4 Å². The maximum Gasteiger partial charge on any atom is 0.342 e. The molecule has 0 aromatic heterocycles. The lowest BCUT2D eigenvalue weighted by atomic mass is 9.98. The number of anilines is 1. The third kappa shape index (κ3) is 6.56. The summed E-state index contributed by atoms with van der Waals surface area (Å²) >= 11 is 0. The van der Waals surface area contributed by atoms with Gasteiger partial charge >= 0.3 is 5.97 Å². The van der Waals surface area contributed by atoms with Crippen LogP contribution in [0, 0.1) is 5.92 Å². The fourth-order valence-corrected chi connectivity index (χ4v) is 4.08. The van der Waals surface area contributed by atoms with Crippen LogP contribution in [-0.4, -0.2) is 75.9 Å². The summed E-state index contributed by atoms with van der Waals surface area (Å²) in [6.07, 6.45) is 4.95. The second-order valence-electron chi connectivity index (χ2n) is 9.48. The van der Waals surface area contributed by atoms with E-state index in [1.54, 1.807) is 45.1 Å². The Kier molecular flexibility index (Phi) is 9.00. The Morgan fingerprint density at radius 1 is 1.25 bits per heavy atom. The zero-order chi connectivity index (χ0) is 26.6. The number of nitrogens with zero attached hydrogens (tertiary/aromatic N) is 1. The number of ether oxygens (including phenoxy) is 5. The third-order valence-electron chi connectivity index (χ3n) is 6.24. The number of cyclic esters (lactones) is 1. The molecule has 5 atom stereocenters. The number of rotatable bonds is 4. The van der Waals surface area contributed by atoms with Crippen LogP contribution in [0.4, 0.5) is 10.5 Å². The summed E-state index contributed by atoms with van der Waals surface area (Å²) in [6.45, 7) is 7.13. The molecule has 2 aliphatic rings. The van der Waals surface area contributed by atoms with E-state index in [4.69, 9.17) is 31.5 Å². The molecule has 2 aliphatic heterocycles. The van der Waals surface area contributed by atoms with E-state index in [1.165, 1.54) is 25.1 Å². The minimum absolute atomic E-state index is 0.121. The predicted molar refractivity (Wildman–Crippen MR) is 135 cm³/mol. The van der Waals surface area contributed by atoms with Crippen LogP contribution in [0.15, 0.2) is 30.4 Å². The maximum atomic E-state index is 13.4. The monoisotopic (exact) mass is 499 g/mol. The molecular weight excluding hydrogens is 465 g/mol. The van der Waals surface area contributed by atoms with Crippen molar-refractivity contribution in [3.05, 3.63) is 41.5 Å². The van der Waals surface area contributed by atoms with Crippen LogP contribution >= 0.6 is 0 Å². The minimum Gasteiger partial charge on any atom is -0.467 e. The van der Waals surface area contributed by atoms with Gasteiger partial charge in [-0.25, -0.2) is 4.79 Å². The number of esters is 1. The van der Waals surface area contributed by atoms with Crippen LogP contribution < -0.4 is 9.64 Å². The van der Waals surface area contributed by atoms with Crippen molar-refractivity contribution in [1.82, 2.24) is 0 Å². The summed E-state index contributed by atoms with van der Waals surface area (Å²) in [5.41, 5.74) is 1.06. The topological polar surface area (TPSA) is 104 Å². The van der Waals surface area contributed by atoms with Gasteiger partial charge in [-0.1, -0.05) is 31.2 Å². The first-order valence-corrected chi connectivity index (χ1v) is 11.9. The Labute approximate surface area is 213 Å². The van der Waals surface area contributed by atoms with Gasteiger partial charge in [0.25, 0.3) is 0 Å². The normalized spacial score (nSPS) is 29.8. The van der Waals surface area contributed by atoms with E-state index in [2.05, 4.69) is 0 Å². The molecule has 194 valence electrons. The average Bonchev–Trinajstić information content (AvgIpc) is 3.13. The molecule has 0 saturated carbocycles. The highest BCUT2D eigenvalue weighted by Crippen LogP contribution is 2.35. The lowest BCUT2D eigenvalue weighted by Crippen LogP contribution is -2.34. The average molecular weight is 499 g/mol. The highest BCUT2D eigenvalue weighted by molar-refractivity contribution is 6.60. The molecule has 10 heteroatoms. The van der Waals surface area contributed by atoms with E-state index in [-0.39, 0.29) is 24.0 Å². The van der Waals surface area contributed by atoms with Crippen LogP contribution in [0.2, 0.25) is 0 Å². The summed E-state index contributed by atoms with van der Waals surface area (Å²) in [4.78, 5) is 26.4. The third-order valence-corrected chi connectivity index (χ3v) is 6.24. The van der Waals surface area contributed by atoms with Gasteiger partial charge in [0.1, 0.15) is 29.6 Å². The standard InChI is InChI=1S/C26H34BNO8/c1-15-10-11-19(29)23-20(35-26(3,4)36-23)9-7-8-17-12-18(28(5)25(27)31)13-21(33-14-32-6)22(17)24(30)34-16(15)2/h7-8,10-13,15-16,19-20,23,29H,9,14H2,1-6H3/b8-7+,11-10-/t15-,16+,19?,20+,23-/m1/s1. The van der Waals surface area contributed by atoms with Gasteiger partial charge < -0.3 is 33.7 Å². The van der Waals surface area contributed by atoms with Crippen molar-refractivity contribution in [2.45, 2.75) is 64.3 Å². The molecule has 0 spiro atoms. The number of aliphatic hydroxyl groups is 1. The molecule has 1 aromatic rings. The number of fused-ring (bicyclic) bond motifs is 2. The van der Waals surface area contributed by atoms with Crippen molar-refractivity contribution in [2.24, 2.45) is 5.92 Å². The second-order valence-corrected chi connectivity index (χ2v) is 9.48. The zero-order valence-corrected chi connectivity index (χ0v) is 21.6. The number of benzene rings is 1. The Morgan fingerprint density at radius 2 is 1.97 bits per heavy atom. The van der Waals surface area contributed by atoms with E-state index in [0.717, 1.165) is 0 Å². The molecule has 0 bridgehead atoms. The van der Waals surface area contributed by atoms with Crippen molar-refractivity contribution in [3.8, 4) is 5.75 Å². The van der Waals surface area contributed by atoms with E-state index in [9.17, 15) is 14.7 Å². The Morgan fingerprint density at radius 3 is 2.64 bits per heavy atom. The molecule has 0 aliphatic carbocycles. The number of methoxy groups -OCH3 is 1. The fourth-order valence-electron chi connectivity index (χ4n) is 4.08. The van der Waals surface area contributed by atoms with Crippen molar-refractivity contribution in [1.29, 1.82) is 0 Å². The Hall–Kier alpha value is -2.66. The SMILES string of the molecule is [B]C(=O)N(C)c1cc2c(c(OCOC)c1)C(=O)O[C@@H](C)[C@H](C)/C=C\C(O)[C@H]1OC(C)(C)O[C@H]1C/C=C/2. The molecule has 1 saturated heterocycles. The van der Waals surface area contributed by atoms with Gasteiger partial charge in [-0.3, -0.25) is 4.79 Å². The smallest absolute Gasteiger partial charge is 0.342 e. The highest BCUT2D eigenvalue weighted by atomic mass is 16.8. The van der Waals surface area contributed by atoms with Gasteiger partial charge in [-0.2, -0.15) is 0 Å². The van der Waals surface area contributed by atoms with Crippen LogP contribution in [0.1, 0.15) is 50.0 Å². The molecule has 36 heavy (non-hydrogen) atoms. The maximum absolute atomic E-state index is 13.4. The van der Waals surface area contributed by atoms with E-state index >= 15 is 0 Å². The molecule has 9 nitrogen and oxygen atoms in total. The van der Waals surface area contributed by atoms with E-state index in [1.807, 2.05) is 13.0 Å². The first-order valence-electron chi connectivity index (χ1n) is 11.9. The Balaban J connectivity index is 2.12. The highest BCUT2D eigenvalue weighted by Gasteiger charge is 2.43. The number of carbonyl (C=O) groups excluding carboxylic acids is 2. The second kappa shape index (κ2) is 11.6. The molecule has 1 fully saturated rings. The zero-order valence-electron chi connectivity index (χ0n) is 21.6. The van der Waals surface area contributed by atoms with Gasteiger partial charge in [0, 0.05) is 31.8 Å². The summed E-state index contributed by atoms with van der Waals surface area (Å²) in [5, 5.41) is 10.8. The van der Waals surface area contributed by atoms with Crippen LogP contribution in [0.5, 0.6) is 5.75 Å². The van der Waals surface area contributed by atoms with Crippen molar-refractivity contribution in [3.63, 3.8) is 0 Å². The summed E-state index contributed by atoms with van der Waals surface area (Å²) in [7, 11) is 8.45. The first kappa shape index (κ1) is 27.9. The number of hydrogen-bond donors (Lipinski definition) is 1. The molecular formula is C26H34BNO8. The predicted octanol–water partition coefficient (Wildman–Crippen LogP) is 3.43. The quantitative estimate of drug-likeness (QED) is 0.291. The minimum atomic E-state index is -0.907. The van der Waals surface area contributed by atoms with Crippen LogP contribution in [-0.2, 0) is 18.9 Å². The summed E-state index contributed by atoms with van der Waals surface area (Å²) < 4.78 is 28.5. The van der Waals surface area contributed by atoms with Crippen molar-refractivity contribution in [2.75, 3.05) is 25.9 Å². The summed E-state index contributed by atoms with van der Waals surface area (Å²) in [6, 6.07) is 3.19. The lowest BCUT2D eigenvalue weighted by molar-refractivity contribution is -0.152. The molecule has 1 amide bonds. The van der Waals surface area contributed by atoms with Crippen molar-refractivity contribution < 1.29 is 38.4 Å². The lowest BCUT2D eigenvalue weighted by Gasteiger charge is -2.24. The summed E-state index contributed by atoms with van der Waals surface area (Å²) in [5.74, 6) is -2.16. The van der Waals surface area contributed by atoms with Gasteiger partial charge in [-0.15, -0.1) is 0 Å². The molecule has 1 N–H and O–H groups in total. The number of hydrogen-bond acceptors (Lipinski definition) is 8. The van der Waals surface area contributed by atoms with Crippen molar-refractivity contribution >= 4 is 31.4 Å². The number of carbonyl (C=O) groups is 2. The van der Waals surface area contributed by atoms with Gasteiger partial charge in [-0.05, 0) is 38.8 Å². The number of amides is 1. The van der Waals surface area contributed by atoms with E-state index < -0.39 is 42.0 Å². The van der Waals surface area contributed by atoms with Crippen LogP contribution in [0.25, 0.3) is 6.08 Å². The Bertz CT molecular complexity index is 1020. The largest absolute Gasteiger partial charge is 0.467 e. The van der Waals surface area contributed by atoms with Gasteiger partial charge in [0.2, 0.25) is 7.85 Å². The van der Waals surface area contributed by atoms with E-state index in [0.29, 0.717) is 17.7 Å². The molecule has 2 radical (unpaired) electrons. The van der Waals surface area contributed by atoms with Crippen LogP contribution in [0.3, 0.4) is 0 Å². The molecule has 3 rings (SSSR count). The molecule has 2 heterocycles. The molecule has 1 aromatic carbocycles. The first-order chi connectivity index (χ1) is 16.9.